The van der Waals surface area contributed by atoms with Gasteiger partial charge in [-0.2, -0.15) is 4.31 Å². The van der Waals surface area contributed by atoms with E-state index < -0.39 is 10.0 Å². The summed E-state index contributed by atoms with van der Waals surface area (Å²) in [6, 6.07) is 4.48. The Balaban J connectivity index is 1.27. The molecule has 0 unspecified atom stereocenters. The molecular weight excluding hydrogens is 432 g/mol. The number of hydrogen-bond acceptors (Lipinski definition) is 6. The van der Waals surface area contributed by atoms with Crippen molar-refractivity contribution in [2.45, 2.75) is 37.5 Å². The van der Waals surface area contributed by atoms with Crippen LogP contribution in [0.3, 0.4) is 0 Å². The third-order valence-electron chi connectivity index (χ3n) is 6.65. The van der Waals surface area contributed by atoms with Crippen molar-refractivity contribution in [2.75, 3.05) is 51.2 Å². The number of ether oxygens (including phenoxy) is 1. The van der Waals surface area contributed by atoms with Crippen LogP contribution < -0.4 is 15.4 Å². The van der Waals surface area contributed by atoms with Gasteiger partial charge >= 0.3 is 0 Å². The molecule has 32 heavy (non-hydrogen) atoms. The number of nitrogens with zero attached hydrogens (tertiary/aromatic N) is 2. The monoisotopic (exact) mass is 464 g/mol. The molecule has 0 atom stereocenters. The number of benzene rings is 1. The van der Waals surface area contributed by atoms with Gasteiger partial charge in [0.2, 0.25) is 15.9 Å². The Morgan fingerprint density at radius 1 is 1.16 bits per heavy atom. The van der Waals surface area contributed by atoms with Crippen LogP contribution in [0.2, 0.25) is 0 Å². The van der Waals surface area contributed by atoms with Gasteiger partial charge in [0.1, 0.15) is 5.75 Å². The fourth-order valence-electron chi connectivity index (χ4n) is 4.50. The number of anilines is 1. The molecule has 0 aliphatic carbocycles. The lowest BCUT2D eigenvalue weighted by molar-refractivity contribution is -0.126. The zero-order chi connectivity index (χ0) is 22.7. The summed E-state index contributed by atoms with van der Waals surface area (Å²) in [5.74, 6) is 0.780. The third-order valence-corrected chi connectivity index (χ3v) is 8.54. The van der Waals surface area contributed by atoms with Crippen molar-refractivity contribution in [3.05, 3.63) is 18.2 Å². The summed E-state index contributed by atoms with van der Waals surface area (Å²) < 4.78 is 32.8. The second-order valence-corrected chi connectivity index (χ2v) is 10.9. The van der Waals surface area contributed by atoms with E-state index in [1.807, 2.05) is 0 Å². The van der Waals surface area contributed by atoms with Gasteiger partial charge in [0, 0.05) is 32.1 Å². The van der Waals surface area contributed by atoms with Crippen LogP contribution in [0.15, 0.2) is 23.1 Å². The number of piperidine rings is 2. The average molecular weight is 465 g/mol. The Morgan fingerprint density at radius 3 is 2.59 bits per heavy atom. The number of amides is 2. The predicted octanol–water partition coefficient (Wildman–Crippen LogP) is 1.27. The molecule has 1 aromatic carbocycles. The molecule has 3 aliphatic rings. The first-order valence-electron chi connectivity index (χ1n) is 11.4. The van der Waals surface area contributed by atoms with E-state index in [0.29, 0.717) is 43.9 Å². The maximum atomic E-state index is 13.1. The van der Waals surface area contributed by atoms with Crippen molar-refractivity contribution in [3.8, 4) is 5.75 Å². The molecule has 3 heterocycles. The molecule has 176 valence electrons. The van der Waals surface area contributed by atoms with E-state index in [1.165, 1.54) is 29.3 Å². The summed E-state index contributed by atoms with van der Waals surface area (Å²) in [5.41, 5.74) is 0.361. The number of carbonyl (C=O) groups is 2. The molecule has 1 aromatic rings. The lowest BCUT2D eigenvalue weighted by atomic mass is 9.97. The standard InChI is InChI=1S/C22H32N4O5S/c1-16-4-9-25(10-5-16)13-8-23-22(28)17-6-11-26(12-7-17)32(29,30)18-2-3-20-19(14-18)24-21(27)15-31-20/h2-3,14,16-17H,4-13,15H2,1H3,(H,23,28)(H,24,27). The Bertz CT molecular complexity index is 951. The molecule has 10 heteroatoms. The molecule has 2 N–H and O–H groups in total. The number of hydrogen-bond donors (Lipinski definition) is 2. The first kappa shape index (κ1) is 23.0. The zero-order valence-corrected chi connectivity index (χ0v) is 19.3. The molecule has 0 bridgehead atoms. The van der Waals surface area contributed by atoms with E-state index in [2.05, 4.69) is 22.5 Å². The first-order valence-corrected chi connectivity index (χ1v) is 12.8. The lowest BCUT2D eigenvalue weighted by Crippen LogP contribution is -2.45. The van der Waals surface area contributed by atoms with Crippen LogP contribution in [0, 0.1) is 11.8 Å². The van der Waals surface area contributed by atoms with Gasteiger partial charge in [-0.25, -0.2) is 8.42 Å². The van der Waals surface area contributed by atoms with Gasteiger partial charge in [-0.15, -0.1) is 0 Å². The minimum Gasteiger partial charge on any atom is -0.482 e. The molecule has 2 amide bonds. The van der Waals surface area contributed by atoms with Gasteiger partial charge < -0.3 is 20.3 Å². The van der Waals surface area contributed by atoms with Crippen LogP contribution in [0.5, 0.6) is 5.75 Å². The summed E-state index contributed by atoms with van der Waals surface area (Å²) in [4.78, 5) is 26.6. The summed E-state index contributed by atoms with van der Waals surface area (Å²) >= 11 is 0. The van der Waals surface area contributed by atoms with Crippen LogP contribution in [0.1, 0.15) is 32.6 Å². The van der Waals surface area contributed by atoms with Crippen molar-refractivity contribution in [1.29, 1.82) is 0 Å². The van der Waals surface area contributed by atoms with Crippen LogP contribution in [-0.4, -0.2) is 75.3 Å². The Labute approximate surface area is 189 Å². The van der Waals surface area contributed by atoms with Crippen molar-refractivity contribution < 1.29 is 22.7 Å². The van der Waals surface area contributed by atoms with Crippen molar-refractivity contribution in [2.24, 2.45) is 11.8 Å². The molecule has 0 aromatic heterocycles. The van der Waals surface area contributed by atoms with Gasteiger partial charge in [-0.05, 0) is 62.9 Å². The number of fused-ring (bicyclic) bond motifs is 1. The molecule has 2 saturated heterocycles. The number of rotatable bonds is 6. The molecule has 0 radical (unpaired) electrons. The average Bonchev–Trinajstić information content (AvgIpc) is 2.80. The fourth-order valence-corrected chi connectivity index (χ4v) is 5.99. The van der Waals surface area contributed by atoms with Gasteiger partial charge in [0.25, 0.3) is 5.91 Å². The van der Waals surface area contributed by atoms with Gasteiger partial charge in [0.05, 0.1) is 10.6 Å². The normalized spacial score (nSPS) is 21.5. The van der Waals surface area contributed by atoms with Gasteiger partial charge in [-0.1, -0.05) is 6.92 Å². The minimum atomic E-state index is -3.71. The smallest absolute Gasteiger partial charge is 0.262 e. The fraction of sp³-hybridized carbons (Fsp3) is 0.636. The maximum Gasteiger partial charge on any atom is 0.262 e. The van der Waals surface area contributed by atoms with Crippen LogP contribution in [0.4, 0.5) is 5.69 Å². The van der Waals surface area contributed by atoms with E-state index in [-0.39, 0.29) is 29.2 Å². The van der Waals surface area contributed by atoms with E-state index in [4.69, 9.17) is 4.74 Å². The highest BCUT2D eigenvalue weighted by atomic mass is 32.2. The number of sulfonamides is 1. The Morgan fingerprint density at radius 2 is 1.88 bits per heavy atom. The van der Waals surface area contributed by atoms with Crippen LogP contribution in [-0.2, 0) is 19.6 Å². The number of likely N-dealkylation sites (tertiary alicyclic amines) is 1. The van der Waals surface area contributed by atoms with Crippen molar-refractivity contribution >= 4 is 27.5 Å². The van der Waals surface area contributed by atoms with E-state index in [1.54, 1.807) is 6.07 Å². The maximum absolute atomic E-state index is 13.1. The quantitative estimate of drug-likeness (QED) is 0.656. The van der Waals surface area contributed by atoms with E-state index in [9.17, 15) is 18.0 Å². The highest BCUT2D eigenvalue weighted by Crippen LogP contribution is 2.32. The minimum absolute atomic E-state index is 0.0149. The largest absolute Gasteiger partial charge is 0.482 e. The van der Waals surface area contributed by atoms with Crippen molar-refractivity contribution in [3.63, 3.8) is 0 Å². The topological polar surface area (TPSA) is 108 Å². The van der Waals surface area contributed by atoms with E-state index in [0.717, 1.165) is 25.6 Å². The third kappa shape index (κ3) is 5.24. The molecule has 2 fully saturated rings. The Hall–Kier alpha value is -2.17. The summed E-state index contributed by atoms with van der Waals surface area (Å²) in [5, 5.41) is 5.67. The molecule has 0 spiro atoms. The SMILES string of the molecule is CC1CCN(CCNC(=O)C2CCN(S(=O)(=O)c3ccc4c(c3)NC(=O)CO4)CC2)CC1. The summed E-state index contributed by atoms with van der Waals surface area (Å²) in [7, 11) is -3.71. The lowest BCUT2D eigenvalue weighted by Gasteiger charge is -2.32. The highest BCUT2D eigenvalue weighted by Gasteiger charge is 2.33. The number of carbonyl (C=O) groups excluding carboxylic acids is 2. The second-order valence-electron chi connectivity index (χ2n) is 8.99. The molecule has 9 nitrogen and oxygen atoms in total. The van der Waals surface area contributed by atoms with Gasteiger partial charge in [0.15, 0.2) is 6.61 Å². The van der Waals surface area contributed by atoms with Crippen LogP contribution in [0.25, 0.3) is 0 Å². The molecular formula is C22H32N4O5S. The van der Waals surface area contributed by atoms with Gasteiger partial charge in [-0.3, -0.25) is 9.59 Å². The number of nitrogens with one attached hydrogen (secondary N) is 2. The Kier molecular flexibility index (Phi) is 7.02. The summed E-state index contributed by atoms with van der Waals surface area (Å²) in [6.07, 6.45) is 3.42. The van der Waals surface area contributed by atoms with E-state index >= 15 is 0 Å². The van der Waals surface area contributed by atoms with Crippen LogP contribution >= 0.6 is 0 Å². The first-order chi connectivity index (χ1) is 15.3. The second kappa shape index (κ2) is 9.76. The van der Waals surface area contributed by atoms with Crippen molar-refractivity contribution in [1.82, 2.24) is 14.5 Å². The highest BCUT2D eigenvalue weighted by molar-refractivity contribution is 7.89. The predicted molar refractivity (Wildman–Crippen MR) is 120 cm³/mol. The molecule has 3 aliphatic heterocycles. The summed E-state index contributed by atoms with van der Waals surface area (Å²) in [6.45, 7) is 6.47. The zero-order valence-electron chi connectivity index (χ0n) is 18.5. The molecule has 4 rings (SSSR count). The molecule has 0 saturated carbocycles.